The fourth-order valence-corrected chi connectivity index (χ4v) is 17.2. The maximum atomic E-state index is 13.8. The maximum absolute atomic E-state index is 13.8. The minimum Gasteiger partial charge on any atom is -0.467 e. The smallest absolute Gasteiger partial charge is 0.328 e. The number of aliphatic hydroxyl groups excluding tert-OH is 3. The van der Waals surface area contributed by atoms with Crippen LogP contribution in [0.15, 0.2) is 47.1 Å². The van der Waals surface area contributed by atoms with Crippen molar-refractivity contribution in [2.24, 2.45) is 63.6 Å². The zero-order chi connectivity index (χ0) is 49.4. The number of esters is 1. The number of carbonyl (C=O) groups excluding carboxylic acids is 4. The van der Waals surface area contributed by atoms with Gasteiger partial charge in [0.1, 0.15) is 17.4 Å². The van der Waals surface area contributed by atoms with Gasteiger partial charge >= 0.3 is 5.97 Å². The minimum absolute atomic E-state index is 0.00422. The van der Waals surface area contributed by atoms with Crippen molar-refractivity contribution in [2.45, 2.75) is 186 Å². The summed E-state index contributed by atoms with van der Waals surface area (Å²) in [5, 5.41) is 49.2. The minimum atomic E-state index is -1.08. The molecule has 8 aliphatic rings. The van der Waals surface area contributed by atoms with E-state index in [4.69, 9.17) is 4.74 Å². The molecule has 0 aliphatic heterocycles. The normalized spacial score (nSPS) is 40.8. The summed E-state index contributed by atoms with van der Waals surface area (Å²) in [6.45, 7) is 10.8. The van der Waals surface area contributed by atoms with Gasteiger partial charge in [0.2, 0.25) is 11.8 Å². The highest BCUT2D eigenvalue weighted by atomic mass is 16.5. The van der Waals surface area contributed by atoms with Gasteiger partial charge in [-0.15, -0.1) is 5.92 Å². The molecule has 11 heteroatoms. The molecule has 0 spiro atoms. The Morgan fingerprint density at radius 1 is 0.928 bits per heavy atom. The molecule has 0 heterocycles. The Kier molecular flexibility index (Phi) is 13.8. The molecule has 7 saturated carbocycles. The average Bonchev–Trinajstić information content (AvgIpc) is 3.82. The molecular weight excluding hydrogens is 869 g/mol. The van der Waals surface area contributed by atoms with Crippen LogP contribution in [-0.4, -0.2) is 88.1 Å². The predicted molar refractivity (Wildman–Crippen MR) is 264 cm³/mol. The first-order valence-corrected chi connectivity index (χ1v) is 26.7. The molecule has 5 N–H and O–H groups in total. The third-order valence-electron chi connectivity index (χ3n) is 21.1. The number of ether oxygens (including phenoxy) is 1. The van der Waals surface area contributed by atoms with Crippen LogP contribution >= 0.6 is 0 Å². The van der Waals surface area contributed by atoms with Crippen LogP contribution in [0.4, 0.5) is 5.69 Å². The second-order valence-electron chi connectivity index (χ2n) is 24.0. The predicted octanol–water partition coefficient (Wildman–Crippen LogP) is 8.12. The Balaban J connectivity index is 0.823. The number of carbonyl (C=O) groups is 4. The van der Waals surface area contributed by atoms with Gasteiger partial charge in [0.15, 0.2) is 0 Å². The highest BCUT2D eigenvalue weighted by Crippen LogP contribution is 2.69. The summed E-state index contributed by atoms with van der Waals surface area (Å²) in [4.78, 5) is 54.6. The van der Waals surface area contributed by atoms with Gasteiger partial charge in [-0.2, -0.15) is 0 Å². The highest BCUT2D eigenvalue weighted by molar-refractivity contribution is 5.93. The summed E-state index contributed by atoms with van der Waals surface area (Å²) in [5.74, 6) is 7.16. The number of Topliss-reactive ketones (excluding diaryl/α,β-unsaturated/α-hetero) is 1. The average molecular weight is 949 g/mol. The fourth-order valence-electron chi connectivity index (χ4n) is 17.2. The van der Waals surface area contributed by atoms with Crippen LogP contribution in [0.2, 0.25) is 0 Å². The first-order chi connectivity index (χ1) is 32.8. The Morgan fingerprint density at radius 2 is 1.68 bits per heavy atom. The summed E-state index contributed by atoms with van der Waals surface area (Å²) in [7, 11) is 3.01. The number of nitrogens with zero attached hydrogens (tertiary/aromatic N) is 1. The van der Waals surface area contributed by atoms with E-state index < -0.39 is 35.2 Å². The molecule has 17 atom stereocenters. The molecule has 0 saturated heterocycles. The Morgan fingerprint density at radius 3 is 2.41 bits per heavy atom. The number of hydrogen-bond acceptors (Lipinski definition) is 9. The Labute approximate surface area is 410 Å². The van der Waals surface area contributed by atoms with Crippen LogP contribution in [0.1, 0.15) is 162 Å². The lowest BCUT2D eigenvalue weighted by atomic mass is 9.43. The van der Waals surface area contributed by atoms with Crippen LogP contribution < -0.4 is 10.2 Å². The van der Waals surface area contributed by atoms with Crippen LogP contribution in [0.25, 0.3) is 0 Å². The molecule has 5 unspecified atom stereocenters. The number of rotatable bonds is 11. The van der Waals surface area contributed by atoms with E-state index >= 15 is 0 Å². The molecule has 9 rings (SSSR count). The monoisotopic (exact) mass is 949 g/mol. The second-order valence-corrected chi connectivity index (χ2v) is 24.0. The molecule has 69 heavy (non-hydrogen) atoms. The third-order valence-corrected chi connectivity index (χ3v) is 21.1. The van der Waals surface area contributed by atoms with Gasteiger partial charge in [-0.3, -0.25) is 14.4 Å². The number of ketones is 1. The highest BCUT2D eigenvalue weighted by Gasteiger charge is 2.66. The lowest BCUT2D eigenvalue weighted by Gasteiger charge is -2.63. The van der Waals surface area contributed by atoms with E-state index in [1.807, 2.05) is 12.1 Å². The number of methoxy groups -OCH3 is 1. The number of fused-ring (bicyclic) bond motifs is 9. The Hall–Kier alpha value is -3.82. The van der Waals surface area contributed by atoms with Gasteiger partial charge in [0.25, 0.3) is 0 Å². The molecule has 376 valence electrons. The van der Waals surface area contributed by atoms with Gasteiger partial charge in [-0.25, -0.2) is 4.79 Å². The number of amides is 2. The molecule has 11 nitrogen and oxygen atoms in total. The molecule has 1 aromatic rings. The van der Waals surface area contributed by atoms with Crippen LogP contribution in [0.3, 0.4) is 0 Å². The van der Waals surface area contributed by atoms with Gasteiger partial charge in [0, 0.05) is 49.8 Å². The van der Waals surface area contributed by atoms with Crippen molar-refractivity contribution in [3.63, 3.8) is 0 Å². The molecule has 2 amide bonds. The van der Waals surface area contributed by atoms with Crippen molar-refractivity contribution in [1.29, 1.82) is 0 Å². The second kappa shape index (κ2) is 19.0. The van der Waals surface area contributed by atoms with E-state index in [2.05, 4.69) is 63.1 Å². The van der Waals surface area contributed by atoms with Gasteiger partial charge in [-0.05, 0) is 184 Å². The van der Waals surface area contributed by atoms with Crippen molar-refractivity contribution >= 4 is 29.3 Å². The van der Waals surface area contributed by atoms with Crippen molar-refractivity contribution in [3.05, 3.63) is 52.6 Å². The lowest BCUT2D eigenvalue weighted by molar-refractivity contribution is -0.207. The van der Waals surface area contributed by atoms with E-state index in [1.165, 1.54) is 23.8 Å². The van der Waals surface area contributed by atoms with E-state index in [9.17, 15) is 39.6 Å². The number of hydrogen-bond donors (Lipinski definition) is 5. The molecule has 1 aromatic carbocycles. The van der Waals surface area contributed by atoms with E-state index in [0.29, 0.717) is 50.0 Å². The number of nitrogens with one attached hydrogen (secondary N) is 1. The van der Waals surface area contributed by atoms with Crippen molar-refractivity contribution < 1.29 is 44.3 Å². The third kappa shape index (κ3) is 8.47. The largest absolute Gasteiger partial charge is 0.467 e. The van der Waals surface area contributed by atoms with Gasteiger partial charge in [-0.1, -0.05) is 57.4 Å². The molecule has 0 bridgehead atoms. The summed E-state index contributed by atoms with van der Waals surface area (Å²) < 4.78 is 5.10. The summed E-state index contributed by atoms with van der Waals surface area (Å²) >= 11 is 0. The molecule has 0 aromatic heterocycles. The van der Waals surface area contributed by atoms with Gasteiger partial charge < -0.3 is 35.4 Å². The Bertz CT molecular complexity index is 2310. The number of anilines is 1. The lowest BCUT2D eigenvalue weighted by Crippen LogP contribution is -2.62. The number of allylic oxidation sites excluding steroid dienone is 4. The fraction of sp³-hybridized carbons (Fsp3) is 0.724. The maximum Gasteiger partial charge on any atom is 0.328 e. The molecule has 7 fully saturated rings. The standard InChI is InChI=1S/C58H80N2O9/c1-8-25-58(68)27-24-44-41-16-12-35-28-38(61)15-17-40(35)52(41)42(32-56(44,58)4)34-10-13-37(14-11-34)60(6)51(66)22-20-47(54(67)69-7)59-50(65)21-9-33(2)43-18-19-45-53-46(31-49(64)57(43,45)5)55(3)26-23-39(62)29-36(55)30-48(53)63/h10-14,33,36,39,41-49,53,62-64,68H,9,15-24,26-32H2,1-7H3,(H,59,65)/t33-,36+,39-,41?,42-,43-,44?,45?,46?,47+,48-,49+,53?,55+,56+,57-,58+/m1/s1. The van der Waals surface area contributed by atoms with E-state index in [0.717, 1.165) is 63.4 Å². The molecule has 0 radical (unpaired) electrons. The first kappa shape index (κ1) is 50.1. The topological polar surface area (TPSA) is 174 Å². The summed E-state index contributed by atoms with van der Waals surface area (Å²) in [6.07, 6.45) is 12.5. The molecular formula is C58H80N2O9. The van der Waals surface area contributed by atoms with Crippen LogP contribution in [0.5, 0.6) is 0 Å². The van der Waals surface area contributed by atoms with Gasteiger partial charge in [0.05, 0.1) is 25.4 Å². The first-order valence-electron chi connectivity index (χ1n) is 26.7. The van der Waals surface area contributed by atoms with Crippen molar-refractivity contribution in [1.82, 2.24) is 5.32 Å². The van der Waals surface area contributed by atoms with E-state index in [-0.39, 0.29) is 101 Å². The van der Waals surface area contributed by atoms with Crippen LogP contribution in [-0.2, 0) is 23.9 Å². The number of aliphatic hydroxyl groups is 4. The summed E-state index contributed by atoms with van der Waals surface area (Å²) in [6, 6.07) is 7.13. The number of benzene rings is 1. The SMILES string of the molecule is CC#C[C@]1(O)CCC2C3CC=C4CC(=O)CCC4=C3[C@@H](c3ccc(N(C)C(=O)CC[C@H](NC(=O)CC[C@@H](C)[C@H]4CCC5C6C(C[C@H](O)[C@@]54C)[C@@]4(C)CC[C@@H](O)C[C@H]4C[C@H]6O)C(=O)OC)cc3)C[C@@]21C. The quantitative estimate of drug-likeness (QED) is 0.109. The van der Waals surface area contributed by atoms with Crippen molar-refractivity contribution in [2.75, 3.05) is 19.1 Å². The van der Waals surface area contributed by atoms with E-state index in [1.54, 1.807) is 18.9 Å². The zero-order valence-electron chi connectivity index (χ0n) is 42.4. The molecule has 8 aliphatic carbocycles. The van der Waals surface area contributed by atoms with Crippen molar-refractivity contribution in [3.8, 4) is 11.8 Å². The van der Waals surface area contributed by atoms with Crippen LogP contribution in [0, 0.1) is 75.4 Å². The zero-order valence-corrected chi connectivity index (χ0v) is 42.4. The summed E-state index contributed by atoms with van der Waals surface area (Å²) in [5.41, 5.74) is 3.91.